The van der Waals surface area contributed by atoms with Crippen molar-refractivity contribution >= 4 is 5.91 Å². The summed E-state index contributed by atoms with van der Waals surface area (Å²) < 4.78 is 27.0. The average Bonchev–Trinajstić information content (AvgIpc) is 2.95. The van der Waals surface area contributed by atoms with Crippen LogP contribution in [0.3, 0.4) is 0 Å². The van der Waals surface area contributed by atoms with Gasteiger partial charge in [0, 0.05) is 38.4 Å². The molecule has 0 bridgehead atoms. The molecule has 22 heavy (non-hydrogen) atoms. The Morgan fingerprint density at radius 3 is 2.55 bits per heavy atom. The van der Waals surface area contributed by atoms with Gasteiger partial charge >= 0.3 is 0 Å². The number of rotatable bonds is 3. The molecule has 1 amide bonds. The quantitative estimate of drug-likeness (QED) is 0.799. The Morgan fingerprint density at radius 1 is 1.05 bits per heavy atom. The van der Waals surface area contributed by atoms with Gasteiger partial charge in [-0.3, -0.25) is 4.79 Å². The van der Waals surface area contributed by atoms with E-state index < -0.39 is 11.8 Å². The lowest BCUT2D eigenvalue weighted by atomic mass is 9.85. The molecule has 0 radical (unpaired) electrons. The number of likely N-dealkylation sites (tertiary alicyclic amines) is 2. The van der Waals surface area contributed by atoms with E-state index in [1.165, 1.54) is 32.4 Å². The third-order valence-corrected chi connectivity index (χ3v) is 5.55. The molecule has 3 aliphatic rings. The van der Waals surface area contributed by atoms with E-state index in [2.05, 4.69) is 4.90 Å². The summed E-state index contributed by atoms with van der Waals surface area (Å²) in [5, 5.41) is 0. The minimum absolute atomic E-state index is 0.0134. The van der Waals surface area contributed by atoms with Crippen molar-refractivity contribution in [3.8, 4) is 0 Å². The second kappa shape index (κ2) is 6.81. The monoisotopic (exact) mass is 314 g/mol. The second-order valence-corrected chi connectivity index (χ2v) is 7.45. The summed E-state index contributed by atoms with van der Waals surface area (Å²) in [5.74, 6) is -2.56. The Balaban J connectivity index is 1.48. The van der Waals surface area contributed by atoms with Gasteiger partial charge in [-0.2, -0.15) is 0 Å². The number of amides is 1. The molecule has 0 aromatic carbocycles. The first-order chi connectivity index (χ1) is 10.5. The van der Waals surface area contributed by atoms with Crippen LogP contribution in [0.1, 0.15) is 51.4 Å². The SMILES string of the molecule is O=C([C@H]1CCCC(F)(F)C1)N1CC[C@H](CN2CCCCC2)C1. The van der Waals surface area contributed by atoms with Crippen molar-refractivity contribution in [2.24, 2.45) is 11.8 Å². The Labute approximate surface area is 132 Å². The van der Waals surface area contributed by atoms with Crippen molar-refractivity contribution in [2.45, 2.75) is 57.3 Å². The van der Waals surface area contributed by atoms with E-state index in [0.29, 0.717) is 18.8 Å². The molecule has 0 aromatic heterocycles. The van der Waals surface area contributed by atoms with Crippen LogP contribution >= 0.6 is 0 Å². The van der Waals surface area contributed by atoms with Gasteiger partial charge in [0.1, 0.15) is 0 Å². The van der Waals surface area contributed by atoms with Crippen LogP contribution in [0.5, 0.6) is 0 Å². The van der Waals surface area contributed by atoms with E-state index in [1.807, 2.05) is 4.90 Å². The highest BCUT2D eigenvalue weighted by Crippen LogP contribution is 2.38. The summed E-state index contributed by atoms with van der Waals surface area (Å²) in [6, 6.07) is 0. The smallest absolute Gasteiger partial charge is 0.248 e. The zero-order valence-electron chi connectivity index (χ0n) is 13.4. The number of carbonyl (C=O) groups excluding carboxylic acids is 1. The normalized spacial score (nSPS) is 33.1. The van der Waals surface area contributed by atoms with Crippen molar-refractivity contribution in [3.63, 3.8) is 0 Å². The number of alkyl halides is 2. The molecule has 0 unspecified atom stereocenters. The van der Waals surface area contributed by atoms with Crippen LogP contribution in [-0.4, -0.2) is 54.4 Å². The van der Waals surface area contributed by atoms with E-state index in [4.69, 9.17) is 0 Å². The fourth-order valence-electron chi connectivity index (χ4n) is 4.33. The minimum atomic E-state index is -2.63. The Morgan fingerprint density at radius 2 is 1.82 bits per heavy atom. The van der Waals surface area contributed by atoms with Crippen molar-refractivity contribution < 1.29 is 13.6 Å². The maximum atomic E-state index is 13.5. The largest absolute Gasteiger partial charge is 0.342 e. The summed E-state index contributed by atoms with van der Waals surface area (Å²) in [6.45, 7) is 4.97. The van der Waals surface area contributed by atoms with Crippen LogP contribution in [0.25, 0.3) is 0 Å². The van der Waals surface area contributed by atoms with Gasteiger partial charge < -0.3 is 9.80 Å². The average molecular weight is 314 g/mol. The first-order valence-corrected chi connectivity index (χ1v) is 8.92. The zero-order chi connectivity index (χ0) is 15.6. The number of hydrogen-bond donors (Lipinski definition) is 0. The molecule has 0 aromatic rings. The van der Waals surface area contributed by atoms with Crippen LogP contribution in [-0.2, 0) is 4.79 Å². The molecule has 5 heteroatoms. The standard InChI is InChI=1S/C17H28F2N2O/c18-17(19)7-4-5-15(11-17)16(22)21-10-6-14(13-21)12-20-8-2-1-3-9-20/h14-15H,1-13H2/t14-,15+/m1/s1. The number of nitrogens with zero attached hydrogens (tertiary/aromatic N) is 2. The van der Waals surface area contributed by atoms with Gasteiger partial charge in [-0.25, -0.2) is 8.78 Å². The van der Waals surface area contributed by atoms with Crippen molar-refractivity contribution in [2.75, 3.05) is 32.7 Å². The van der Waals surface area contributed by atoms with E-state index in [1.54, 1.807) is 0 Å². The molecular weight excluding hydrogens is 286 g/mol. The molecule has 3 nitrogen and oxygen atoms in total. The third-order valence-electron chi connectivity index (χ3n) is 5.55. The number of hydrogen-bond acceptors (Lipinski definition) is 2. The first kappa shape index (κ1) is 16.2. The summed E-state index contributed by atoms with van der Waals surface area (Å²) >= 11 is 0. The van der Waals surface area contributed by atoms with Gasteiger partial charge in [-0.05, 0) is 51.1 Å². The Kier molecular flexibility index (Phi) is 5.00. The summed E-state index contributed by atoms with van der Waals surface area (Å²) in [6.07, 6.45) is 5.77. The van der Waals surface area contributed by atoms with Gasteiger partial charge in [0.2, 0.25) is 11.8 Å². The van der Waals surface area contributed by atoms with Crippen LogP contribution in [0.15, 0.2) is 0 Å². The molecule has 3 rings (SSSR count). The highest BCUT2D eigenvalue weighted by molar-refractivity contribution is 5.79. The van der Waals surface area contributed by atoms with Gasteiger partial charge in [-0.15, -0.1) is 0 Å². The van der Waals surface area contributed by atoms with E-state index in [-0.39, 0.29) is 18.7 Å². The third kappa shape index (κ3) is 3.98. The topological polar surface area (TPSA) is 23.6 Å². The molecule has 2 atom stereocenters. The van der Waals surface area contributed by atoms with E-state index >= 15 is 0 Å². The Bertz CT molecular complexity index is 396. The van der Waals surface area contributed by atoms with Gasteiger partial charge in [-0.1, -0.05) is 6.42 Å². The van der Waals surface area contributed by atoms with Crippen molar-refractivity contribution in [3.05, 3.63) is 0 Å². The highest BCUT2D eigenvalue weighted by atomic mass is 19.3. The Hall–Kier alpha value is -0.710. The molecule has 126 valence electrons. The lowest BCUT2D eigenvalue weighted by Gasteiger charge is -2.31. The van der Waals surface area contributed by atoms with Crippen LogP contribution < -0.4 is 0 Å². The van der Waals surface area contributed by atoms with Gasteiger partial charge in [0.15, 0.2) is 0 Å². The summed E-state index contributed by atoms with van der Waals surface area (Å²) in [7, 11) is 0. The fourth-order valence-corrected chi connectivity index (χ4v) is 4.33. The lowest BCUT2D eigenvalue weighted by Crippen LogP contribution is -2.40. The molecule has 2 heterocycles. The van der Waals surface area contributed by atoms with Gasteiger partial charge in [0.25, 0.3) is 0 Å². The zero-order valence-corrected chi connectivity index (χ0v) is 13.4. The van der Waals surface area contributed by atoms with Gasteiger partial charge in [0.05, 0.1) is 0 Å². The molecule has 1 saturated carbocycles. The molecule has 2 aliphatic heterocycles. The van der Waals surface area contributed by atoms with Crippen molar-refractivity contribution in [1.29, 1.82) is 0 Å². The molecular formula is C17H28F2N2O. The lowest BCUT2D eigenvalue weighted by molar-refractivity contribution is -0.141. The molecule has 2 saturated heterocycles. The van der Waals surface area contributed by atoms with Crippen LogP contribution in [0, 0.1) is 11.8 Å². The number of carbonyl (C=O) groups is 1. The molecule has 0 N–H and O–H groups in total. The van der Waals surface area contributed by atoms with Crippen LogP contribution in [0.2, 0.25) is 0 Å². The van der Waals surface area contributed by atoms with E-state index in [9.17, 15) is 13.6 Å². The maximum Gasteiger partial charge on any atom is 0.248 e. The van der Waals surface area contributed by atoms with E-state index in [0.717, 1.165) is 26.1 Å². The minimum Gasteiger partial charge on any atom is -0.342 e. The van der Waals surface area contributed by atoms with Crippen molar-refractivity contribution in [1.82, 2.24) is 9.80 Å². The van der Waals surface area contributed by atoms with Crippen LogP contribution in [0.4, 0.5) is 8.78 Å². The predicted octanol–water partition coefficient (Wildman–Crippen LogP) is 3.15. The molecule has 1 aliphatic carbocycles. The number of halogens is 2. The fraction of sp³-hybridized carbons (Fsp3) is 0.941. The molecule has 3 fully saturated rings. The predicted molar refractivity (Wildman–Crippen MR) is 81.9 cm³/mol. The maximum absolute atomic E-state index is 13.5. The highest BCUT2D eigenvalue weighted by Gasteiger charge is 2.41. The molecule has 0 spiro atoms. The summed E-state index contributed by atoms with van der Waals surface area (Å²) in [4.78, 5) is 16.9. The summed E-state index contributed by atoms with van der Waals surface area (Å²) in [5.41, 5.74) is 0. The number of piperidine rings is 1. The second-order valence-electron chi connectivity index (χ2n) is 7.45. The first-order valence-electron chi connectivity index (χ1n) is 8.92.